The monoisotopic (exact) mass is 283 g/mol. The molecule has 0 saturated heterocycles. The van der Waals surface area contributed by atoms with Crippen LogP contribution in [0.3, 0.4) is 0 Å². The summed E-state index contributed by atoms with van der Waals surface area (Å²) >= 11 is 1.24. The molecular weight excluding hydrogens is 268 g/mol. The van der Waals surface area contributed by atoms with Crippen LogP contribution in [-0.4, -0.2) is 9.59 Å². The third-order valence-electron chi connectivity index (χ3n) is 2.86. The van der Waals surface area contributed by atoms with E-state index in [1.165, 1.54) is 23.7 Å². The summed E-state index contributed by atoms with van der Waals surface area (Å²) in [6, 6.07) is 3.18. The van der Waals surface area contributed by atoms with Crippen LogP contribution in [0.2, 0.25) is 0 Å². The summed E-state index contributed by atoms with van der Waals surface area (Å²) in [5, 5.41) is 4.04. The maximum absolute atomic E-state index is 13.6. The highest BCUT2D eigenvalue weighted by Gasteiger charge is 2.17. The molecule has 0 radical (unpaired) electrons. The first-order chi connectivity index (χ1) is 9.11. The molecule has 3 nitrogen and oxygen atoms in total. The molecule has 19 heavy (non-hydrogen) atoms. The highest BCUT2D eigenvalue weighted by molar-refractivity contribution is 7.05. The first-order valence-corrected chi connectivity index (χ1v) is 6.89. The summed E-state index contributed by atoms with van der Waals surface area (Å²) in [6.07, 6.45) is 2.08. The maximum atomic E-state index is 13.6. The molecule has 1 unspecified atom stereocenters. The van der Waals surface area contributed by atoms with Crippen LogP contribution in [-0.2, 0) is 12.8 Å². The van der Waals surface area contributed by atoms with Crippen LogP contribution < -0.4 is 5.73 Å². The van der Waals surface area contributed by atoms with Gasteiger partial charge in [0.25, 0.3) is 0 Å². The molecule has 0 bridgehead atoms. The molecule has 0 fully saturated rings. The highest BCUT2D eigenvalue weighted by atomic mass is 32.1. The van der Waals surface area contributed by atoms with Gasteiger partial charge in [-0.25, -0.2) is 8.78 Å². The first-order valence-electron chi connectivity index (χ1n) is 6.12. The van der Waals surface area contributed by atoms with Gasteiger partial charge in [0, 0.05) is 12.1 Å². The molecule has 0 aliphatic heterocycles. The quantitative estimate of drug-likeness (QED) is 0.917. The van der Waals surface area contributed by atoms with Crippen molar-refractivity contribution in [1.29, 1.82) is 0 Å². The van der Waals surface area contributed by atoms with Crippen LogP contribution in [0.4, 0.5) is 8.78 Å². The van der Waals surface area contributed by atoms with Crippen LogP contribution >= 0.6 is 11.5 Å². The van der Waals surface area contributed by atoms with Crippen molar-refractivity contribution in [3.05, 3.63) is 46.0 Å². The number of benzene rings is 1. The number of nitrogens with two attached hydrogens (primary N) is 1. The summed E-state index contributed by atoms with van der Waals surface area (Å²) in [4.78, 5) is 0.880. The predicted octanol–water partition coefficient (Wildman–Crippen LogP) is 3.01. The zero-order valence-electron chi connectivity index (χ0n) is 10.6. The summed E-state index contributed by atoms with van der Waals surface area (Å²) < 4.78 is 30.3. The van der Waals surface area contributed by atoms with Crippen molar-refractivity contribution in [2.24, 2.45) is 5.73 Å². The number of rotatable bonds is 5. The van der Waals surface area contributed by atoms with E-state index < -0.39 is 11.6 Å². The summed E-state index contributed by atoms with van der Waals surface area (Å²) in [5.74, 6) is -1.15. The Morgan fingerprint density at radius 3 is 2.84 bits per heavy atom. The minimum atomic E-state index is -0.582. The van der Waals surface area contributed by atoms with E-state index in [2.05, 4.69) is 9.59 Å². The van der Waals surface area contributed by atoms with E-state index in [0.29, 0.717) is 12.0 Å². The fourth-order valence-electron chi connectivity index (χ4n) is 1.92. The lowest BCUT2D eigenvalue weighted by Crippen LogP contribution is -2.14. The average molecular weight is 283 g/mol. The summed E-state index contributed by atoms with van der Waals surface area (Å²) in [5.41, 5.74) is 7.36. The third kappa shape index (κ3) is 3.33. The van der Waals surface area contributed by atoms with Crippen LogP contribution in [0.25, 0.3) is 0 Å². The van der Waals surface area contributed by atoms with Crippen molar-refractivity contribution >= 4 is 11.5 Å². The molecule has 1 aromatic carbocycles. The predicted molar refractivity (Wildman–Crippen MR) is 70.9 cm³/mol. The van der Waals surface area contributed by atoms with E-state index in [1.807, 2.05) is 6.92 Å². The average Bonchev–Trinajstić information content (AvgIpc) is 2.81. The molecular formula is C13H15F2N3S. The van der Waals surface area contributed by atoms with Crippen molar-refractivity contribution in [3.8, 4) is 0 Å². The Balaban J connectivity index is 2.16. The Labute approximate surface area is 114 Å². The number of hydrogen-bond donors (Lipinski definition) is 1. The van der Waals surface area contributed by atoms with Crippen LogP contribution in [0.5, 0.6) is 0 Å². The summed E-state index contributed by atoms with van der Waals surface area (Å²) in [7, 11) is 0. The van der Waals surface area contributed by atoms with Gasteiger partial charge in [0.2, 0.25) is 0 Å². The SMILES string of the molecule is CCCc1nnsc1C(N)Cc1ccc(F)cc1F. The molecule has 0 saturated carbocycles. The zero-order valence-corrected chi connectivity index (χ0v) is 11.4. The number of hydrogen-bond acceptors (Lipinski definition) is 4. The number of halogens is 2. The molecule has 6 heteroatoms. The minimum Gasteiger partial charge on any atom is -0.323 e. The Morgan fingerprint density at radius 1 is 1.37 bits per heavy atom. The van der Waals surface area contributed by atoms with Gasteiger partial charge in [0.1, 0.15) is 11.6 Å². The molecule has 0 aliphatic carbocycles. The largest absolute Gasteiger partial charge is 0.323 e. The number of aromatic nitrogens is 2. The highest BCUT2D eigenvalue weighted by Crippen LogP contribution is 2.24. The fourth-order valence-corrected chi connectivity index (χ4v) is 2.62. The van der Waals surface area contributed by atoms with Crippen LogP contribution in [0.1, 0.15) is 35.5 Å². The smallest absolute Gasteiger partial charge is 0.129 e. The molecule has 2 N–H and O–H groups in total. The lowest BCUT2D eigenvalue weighted by molar-refractivity contribution is 0.563. The van der Waals surface area contributed by atoms with E-state index in [-0.39, 0.29) is 6.04 Å². The number of nitrogens with zero attached hydrogens (tertiary/aromatic N) is 2. The van der Waals surface area contributed by atoms with E-state index in [4.69, 9.17) is 5.73 Å². The molecule has 1 atom stereocenters. The van der Waals surface area contributed by atoms with Gasteiger partial charge < -0.3 is 5.73 Å². The lowest BCUT2D eigenvalue weighted by atomic mass is 10.0. The second kappa shape index (κ2) is 6.16. The van der Waals surface area contributed by atoms with Gasteiger partial charge in [-0.2, -0.15) is 0 Å². The van der Waals surface area contributed by atoms with E-state index >= 15 is 0 Å². The fraction of sp³-hybridized carbons (Fsp3) is 0.385. The van der Waals surface area contributed by atoms with Gasteiger partial charge in [0.15, 0.2) is 0 Å². The molecule has 1 aromatic heterocycles. The third-order valence-corrected chi connectivity index (χ3v) is 3.76. The molecule has 0 aliphatic rings. The van der Waals surface area contributed by atoms with Crippen LogP contribution in [0.15, 0.2) is 18.2 Å². The van der Waals surface area contributed by atoms with E-state index in [9.17, 15) is 8.78 Å². The second-order valence-corrected chi connectivity index (χ2v) is 5.17. The second-order valence-electron chi connectivity index (χ2n) is 4.38. The van der Waals surface area contributed by atoms with Crippen LogP contribution in [0, 0.1) is 11.6 Å². The van der Waals surface area contributed by atoms with Gasteiger partial charge in [-0.15, -0.1) is 5.10 Å². The summed E-state index contributed by atoms with van der Waals surface area (Å²) in [6.45, 7) is 2.05. The Morgan fingerprint density at radius 2 is 2.16 bits per heavy atom. The maximum Gasteiger partial charge on any atom is 0.129 e. The van der Waals surface area contributed by atoms with E-state index in [0.717, 1.165) is 29.5 Å². The van der Waals surface area contributed by atoms with Crippen molar-refractivity contribution in [2.45, 2.75) is 32.2 Å². The van der Waals surface area contributed by atoms with Crippen molar-refractivity contribution in [1.82, 2.24) is 9.59 Å². The Bertz CT molecular complexity index is 557. The number of aryl methyl sites for hydroxylation is 1. The van der Waals surface area contributed by atoms with Gasteiger partial charge >= 0.3 is 0 Å². The molecule has 2 aromatic rings. The van der Waals surface area contributed by atoms with Crippen molar-refractivity contribution in [2.75, 3.05) is 0 Å². The Hall–Kier alpha value is -1.40. The molecule has 0 amide bonds. The lowest BCUT2D eigenvalue weighted by Gasteiger charge is -2.11. The van der Waals surface area contributed by atoms with Gasteiger partial charge in [0.05, 0.1) is 10.6 Å². The topological polar surface area (TPSA) is 51.8 Å². The van der Waals surface area contributed by atoms with Gasteiger partial charge in [-0.1, -0.05) is 23.9 Å². The molecule has 2 rings (SSSR count). The zero-order chi connectivity index (χ0) is 13.8. The minimum absolute atomic E-state index is 0.312. The van der Waals surface area contributed by atoms with Crippen molar-refractivity contribution in [3.63, 3.8) is 0 Å². The van der Waals surface area contributed by atoms with Gasteiger partial charge in [-0.3, -0.25) is 0 Å². The van der Waals surface area contributed by atoms with Gasteiger partial charge in [-0.05, 0) is 36.0 Å². The molecule has 102 valence electrons. The standard InChI is InChI=1S/C13H15F2N3S/c1-2-3-12-13(19-18-17-12)11(16)6-8-4-5-9(14)7-10(8)15/h4-5,7,11H,2-3,6,16H2,1H3. The normalized spacial score (nSPS) is 12.6. The van der Waals surface area contributed by atoms with E-state index in [1.54, 1.807) is 0 Å². The Kier molecular flexibility index (Phi) is 4.55. The van der Waals surface area contributed by atoms with Crippen molar-refractivity contribution < 1.29 is 8.78 Å². The molecule has 0 spiro atoms. The first kappa shape index (κ1) is 14.0. The molecule has 1 heterocycles.